The first kappa shape index (κ1) is 21.7. The van der Waals surface area contributed by atoms with Crippen molar-refractivity contribution in [3.05, 3.63) is 53.7 Å². The molecule has 0 saturated heterocycles. The van der Waals surface area contributed by atoms with Gasteiger partial charge in [0.1, 0.15) is 28.5 Å². The number of fused-ring (bicyclic) bond motifs is 1. The van der Waals surface area contributed by atoms with Crippen molar-refractivity contribution in [2.24, 2.45) is 5.41 Å². The van der Waals surface area contributed by atoms with Crippen molar-refractivity contribution in [1.82, 2.24) is 14.4 Å². The average Bonchev–Trinajstić information content (AvgIpc) is 3.11. The van der Waals surface area contributed by atoms with Crippen LogP contribution in [-0.4, -0.2) is 40.6 Å². The minimum atomic E-state index is -4.64. The molecule has 1 N–H and O–H groups in total. The van der Waals surface area contributed by atoms with Crippen molar-refractivity contribution < 1.29 is 27.4 Å². The van der Waals surface area contributed by atoms with E-state index in [4.69, 9.17) is 14.5 Å². The number of rotatable bonds is 7. The SMILES string of the molecule is CCOc1cc2nc(C34CC(COC)(C3)C4)cn2cc1NC(=O)c1cccc(C(F)(F)F)n1. The molecule has 6 rings (SSSR count). The number of carbonyl (C=O) groups excluding carboxylic acids is 1. The predicted molar refractivity (Wildman–Crippen MR) is 113 cm³/mol. The van der Waals surface area contributed by atoms with E-state index in [1.807, 2.05) is 6.20 Å². The first-order valence-corrected chi connectivity index (χ1v) is 10.7. The molecule has 0 unspecified atom stereocenters. The Balaban J connectivity index is 1.42. The summed E-state index contributed by atoms with van der Waals surface area (Å²) in [7, 11) is 1.72. The van der Waals surface area contributed by atoms with Crippen molar-refractivity contribution in [2.45, 2.75) is 37.8 Å². The first-order chi connectivity index (χ1) is 15.7. The number of carbonyl (C=O) groups is 1. The van der Waals surface area contributed by atoms with Gasteiger partial charge in [0.25, 0.3) is 5.91 Å². The normalized spacial score (nSPS) is 23.7. The zero-order valence-electron chi connectivity index (χ0n) is 18.2. The molecular weight excluding hydrogens is 437 g/mol. The number of hydrogen-bond donors (Lipinski definition) is 1. The maximum absolute atomic E-state index is 13.0. The fourth-order valence-electron chi connectivity index (χ4n) is 5.27. The molecule has 0 aliphatic heterocycles. The summed E-state index contributed by atoms with van der Waals surface area (Å²) in [4.78, 5) is 20.9. The van der Waals surface area contributed by atoms with Gasteiger partial charge in [-0.05, 0) is 43.7 Å². The molecule has 3 heterocycles. The highest BCUT2D eigenvalue weighted by Gasteiger charge is 2.69. The van der Waals surface area contributed by atoms with E-state index in [1.54, 1.807) is 30.7 Å². The van der Waals surface area contributed by atoms with E-state index in [1.165, 1.54) is 6.07 Å². The zero-order valence-corrected chi connectivity index (χ0v) is 18.2. The second kappa shape index (κ2) is 7.44. The summed E-state index contributed by atoms with van der Waals surface area (Å²) < 4.78 is 51.7. The van der Waals surface area contributed by atoms with Gasteiger partial charge in [0.05, 0.1) is 18.9 Å². The quantitative estimate of drug-likeness (QED) is 0.563. The summed E-state index contributed by atoms with van der Waals surface area (Å²) >= 11 is 0. The molecule has 33 heavy (non-hydrogen) atoms. The van der Waals surface area contributed by atoms with E-state index in [-0.39, 0.29) is 16.5 Å². The van der Waals surface area contributed by atoms with Crippen LogP contribution in [0.15, 0.2) is 36.7 Å². The van der Waals surface area contributed by atoms with Crippen molar-refractivity contribution in [2.75, 3.05) is 25.6 Å². The summed E-state index contributed by atoms with van der Waals surface area (Å²) in [5, 5.41) is 2.63. The molecule has 10 heteroatoms. The van der Waals surface area contributed by atoms with E-state index in [0.29, 0.717) is 23.7 Å². The van der Waals surface area contributed by atoms with E-state index in [2.05, 4.69) is 10.3 Å². The predicted octanol–water partition coefficient (Wildman–Crippen LogP) is 4.47. The van der Waals surface area contributed by atoms with Gasteiger partial charge in [0, 0.05) is 31.0 Å². The molecule has 0 spiro atoms. The number of halogens is 3. The molecule has 1 amide bonds. The highest BCUT2D eigenvalue weighted by atomic mass is 19.4. The van der Waals surface area contributed by atoms with E-state index in [9.17, 15) is 18.0 Å². The van der Waals surface area contributed by atoms with Gasteiger partial charge >= 0.3 is 6.18 Å². The molecule has 0 aromatic carbocycles. The zero-order chi connectivity index (χ0) is 23.4. The molecule has 3 aliphatic carbocycles. The summed E-state index contributed by atoms with van der Waals surface area (Å²) in [6, 6.07) is 4.93. The van der Waals surface area contributed by atoms with Gasteiger partial charge < -0.3 is 19.2 Å². The van der Waals surface area contributed by atoms with Gasteiger partial charge in [-0.25, -0.2) is 9.97 Å². The lowest BCUT2D eigenvalue weighted by Gasteiger charge is -2.70. The van der Waals surface area contributed by atoms with E-state index < -0.39 is 17.8 Å². The number of nitrogens with zero attached hydrogens (tertiary/aromatic N) is 3. The van der Waals surface area contributed by atoms with Crippen LogP contribution in [0, 0.1) is 5.41 Å². The molecule has 0 atom stereocenters. The van der Waals surface area contributed by atoms with Gasteiger partial charge in [-0.2, -0.15) is 13.2 Å². The smallest absolute Gasteiger partial charge is 0.433 e. The number of nitrogens with one attached hydrogen (secondary N) is 1. The molecule has 3 aliphatic rings. The molecule has 3 aromatic heterocycles. The minimum Gasteiger partial charge on any atom is -0.491 e. The van der Waals surface area contributed by atoms with Gasteiger partial charge in [-0.3, -0.25) is 4.79 Å². The molecule has 2 bridgehead atoms. The topological polar surface area (TPSA) is 77.8 Å². The second-order valence-corrected chi connectivity index (χ2v) is 8.98. The molecule has 3 saturated carbocycles. The van der Waals surface area contributed by atoms with Crippen LogP contribution in [0.2, 0.25) is 0 Å². The Morgan fingerprint density at radius 1 is 1.21 bits per heavy atom. The lowest BCUT2D eigenvalue weighted by molar-refractivity contribution is -0.176. The molecule has 174 valence electrons. The fourth-order valence-corrected chi connectivity index (χ4v) is 5.27. The molecule has 3 fully saturated rings. The van der Waals surface area contributed by atoms with Crippen LogP contribution in [0.4, 0.5) is 18.9 Å². The van der Waals surface area contributed by atoms with Gasteiger partial charge in [-0.15, -0.1) is 0 Å². The van der Waals surface area contributed by atoms with Gasteiger partial charge in [0.15, 0.2) is 0 Å². The third-order valence-electron chi connectivity index (χ3n) is 6.51. The Morgan fingerprint density at radius 2 is 1.97 bits per heavy atom. The maximum atomic E-state index is 13.0. The minimum absolute atomic E-state index is 0.0711. The lowest BCUT2D eigenvalue weighted by atomic mass is 9.34. The summed E-state index contributed by atoms with van der Waals surface area (Å²) in [5.74, 6) is -0.376. The number of ether oxygens (including phenoxy) is 2. The number of anilines is 1. The van der Waals surface area contributed by atoms with Crippen LogP contribution >= 0.6 is 0 Å². The maximum Gasteiger partial charge on any atom is 0.433 e. The molecule has 7 nitrogen and oxygen atoms in total. The average molecular weight is 460 g/mol. The highest BCUT2D eigenvalue weighted by Crippen LogP contribution is 2.73. The second-order valence-electron chi connectivity index (χ2n) is 8.98. The van der Waals surface area contributed by atoms with Crippen LogP contribution in [0.1, 0.15) is 48.1 Å². The van der Waals surface area contributed by atoms with Gasteiger partial charge in [0.2, 0.25) is 0 Å². The summed E-state index contributed by atoms with van der Waals surface area (Å²) in [6.07, 6.45) is 2.10. The number of imidazole rings is 1. The van der Waals surface area contributed by atoms with Gasteiger partial charge in [-0.1, -0.05) is 6.07 Å². The molecule has 3 aromatic rings. The van der Waals surface area contributed by atoms with Crippen LogP contribution < -0.4 is 10.1 Å². The van der Waals surface area contributed by atoms with Crippen molar-refractivity contribution in [3.8, 4) is 5.75 Å². The van der Waals surface area contributed by atoms with Crippen molar-refractivity contribution in [1.29, 1.82) is 0 Å². The molecule has 0 radical (unpaired) electrons. The van der Waals surface area contributed by atoms with Crippen molar-refractivity contribution >= 4 is 17.2 Å². The molecular formula is C23H23F3N4O3. The van der Waals surface area contributed by atoms with Crippen LogP contribution in [0.3, 0.4) is 0 Å². The van der Waals surface area contributed by atoms with Crippen LogP contribution in [0.5, 0.6) is 5.75 Å². The standard InChI is InChI=1S/C23H23F3N4O3/c1-3-33-16-7-19-29-18(22-10-21(11-22,12-22)13-32-2)9-30(19)8-15(16)28-20(31)14-5-4-6-17(27-14)23(24,25)26/h4-9H,3,10-13H2,1-2H3,(H,28,31). The summed E-state index contributed by atoms with van der Waals surface area (Å²) in [5.41, 5.74) is 0.876. The Labute approximate surface area is 187 Å². The number of aromatic nitrogens is 3. The Kier molecular flexibility index (Phi) is 4.89. The Morgan fingerprint density at radius 3 is 2.64 bits per heavy atom. The summed E-state index contributed by atoms with van der Waals surface area (Å²) in [6.45, 7) is 2.91. The lowest BCUT2D eigenvalue weighted by Crippen LogP contribution is -2.66. The van der Waals surface area contributed by atoms with Crippen LogP contribution in [-0.2, 0) is 16.3 Å². The number of methoxy groups -OCH3 is 1. The number of hydrogen-bond acceptors (Lipinski definition) is 5. The number of amides is 1. The number of pyridine rings is 2. The third kappa shape index (κ3) is 3.62. The Bertz CT molecular complexity index is 1220. The first-order valence-electron chi connectivity index (χ1n) is 10.7. The van der Waals surface area contributed by atoms with Crippen LogP contribution in [0.25, 0.3) is 5.65 Å². The third-order valence-corrected chi connectivity index (χ3v) is 6.51. The van der Waals surface area contributed by atoms with Crippen molar-refractivity contribution in [3.63, 3.8) is 0 Å². The fraction of sp³-hybridized carbons (Fsp3) is 0.435. The Hall–Kier alpha value is -3.14. The van der Waals surface area contributed by atoms with E-state index >= 15 is 0 Å². The highest BCUT2D eigenvalue weighted by molar-refractivity contribution is 6.03. The van der Waals surface area contributed by atoms with E-state index in [0.717, 1.165) is 43.7 Å². The number of alkyl halides is 3. The largest absolute Gasteiger partial charge is 0.491 e. The monoisotopic (exact) mass is 460 g/mol.